The fourth-order valence-electron chi connectivity index (χ4n) is 2.08. The van der Waals surface area contributed by atoms with E-state index in [0.717, 1.165) is 25.7 Å². The number of hydrogen-bond acceptors (Lipinski definition) is 3. The van der Waals surface area contributed by atoms with Gasteiger partial charge in [-0.3, -0.25) is 0 Å². The Morgan fingerprint density at radius 1 is 1.50 bits per heavy atom. The van der Waals surface area contributed by atoms with Crippen molar-refractivity contribution in [2.24, 2.45) is 5.73 Å². The van der Waals surface area contributed by atoms with Crippen LogP contribution in [0.3, 0.4) is 0 Å². The van der Waals surface area contributed by atoms with Crippen LogP contribution in [0.25, 0.3) is 0 Å². The summed E-state index contributed by atoms with van der Waals surface area (Å²) in [5, 5.41) is 0. The molecule has 1 aliphatic rings. The number of piperidine rings is 1. The molecule has 0 radical (unpaired) electrons. The van der Waals surface area contributed by atoms with E-state index in [-0.39, 0.29) is 12.1 Å². The predicted molar refractivity (Wildman–Crippen MR) is 57.5 cm³/mol. The van der Waals surface area contributed by atoms with Crippen molar-refractivity contribution in [1.82, 2.24) is 4.31 Å². The molecule has 2 unspecified atom stereocenters. The molecule has 0 spiro atoms. The molecule has 14 heavy (non-hydrogen) atoms. The van der Waals surface area contributed by atoms with Gasteiger partial charge < -0.3 is 5.73 Å². The quantitative estimate of drug-likeness (QED) is 0.755. The normalized spacial score (nSPS) is 27.5. The molecule has 4 nitrogen and oxygen atoms in total. The van der Waals surface area contributed by atoms with Gasteiger partial charge in [0.1, 0.15) is 0 Å². The molecular formula is C9H20N2O2S. The van der Waals surface area contributed by atoms with Crippen molar-refractivity contribution in [2.75, 3.05) is 12.8 Å². The third kappa shape index (κ3) is 3.22. The molecule has 0 aromatic heterocycles. The zero-order chi connectivity index (χ0) is 10.8. The van der Waals surface area contributed by atoms with Crippen LogP contribution in [0.2, 0.25) is 0 Å². The zero-order valence-electron chi connectivity index (χ0n) is 8.94. The lowest BCUT2D eigenvalue weighted by Crippen LogP contribution is -2.45. The Morgan fingerprint density at radius 3 is 2.64 bits per heavy atom. The maximum absolute atomic E-state index is 11.5. The minimum Gasteiger partial charge on any atom is -0.328 e. The van der Waals surface area contributed by atoms with Crippen molar-refractivity contribution in [3.05, 3.63) is 0 Å². The van der Waals surface area contributed by atoms with Crippen LogP contribution in [0.15, 0.2) is 0 Å². The Morgan fingerprint density at radius 2 is 2.14 bits per heavy atom. The van der Waals surface area contributed by atoms with E-state index in [0.29, 0.717) is 6.54 Å². The minimum atomic E-state index is -3.04. The minimum absolute atomic E-state index is 0.0716. The molecule has 0 aromatic rings. The van der Waals surface area contributed by atoms with Crippen molar-refractivity contribution in [1.29, 1.82) is 0 Å². The third-order valence-corrected chi connectivity index (χ3v) is 3.98. The van der Waals surface area contributed by atoms with Gasteiger partial charge in [0, 0.05) is 18.6 Å². The van der Waals surface area contributed by atoms with Crippen LogP contribution >= 0.6 is 0 Å². The van der Waals surface area contributed by atoms with Crippen LogP contribution in [-0.4, -0.2) is 37.6 Å². The van der Waals surface area contributed by atoms with Crippen LogP contribution in [0.5, 0.6) is 0 Å². The van der Waals surface area contributed by atoms with Gasteiger partial charge in [0.2, 0.25) is 10.0 Å². The highest BCUT2D eigenvalue weighted by Crippen LogP contribution is 2.22. The molecule has 0 aliphatic carbocycles. The summed E-state index contributed by atoms with van der Waals surface area (Å²) >= 11 is 0. The fraction of sp³-hybridized carbons (Fsp3) is 1.00. The molecule has 0 bridgehead atoms. The first-order chi connectivity index (χ1) is 6.41. The second kappa shape index (κ2) is 4.59. The van der Waals surface area contributed by atoms with Crippen molar-refractivity contribution in [2.45, 2.75) is 44.7 Å². The highest BCUT2D eigenvalue weighted by atomic mass is 32.2. The molecule has 0 amide bonds. The Labute approximate surface area is 86.5 Å². The topological polar surface area (TPSA) is 63.4 Å². The van der Waals surface area contributed by atoms with Crippen molar-refractivity contribution in [3.8, 4) is 0 Å². The lowest BCUT2D eigenvalue weighted by molar-refractivity contribution is 0.234. The molecule has 1 heterocycles. The molecule has 2 atom stereocenters. The lowest BCUT2D eigenvalue weighted by Gasteiger charge is -2.34. The number of sulfonamides is 1. The smallest absolute Gasteiger partial charge is 0.211 e. The average Bonchev–Trinajstić information content (AvgIpc) is 2.01. The van der Waals surface area contributed by atoms with Gasteiger partial charge in [-0.15, -0.1) is 0 Å². The summed E-state index contributed by atoms with van der Waals surface area (Å²) in [7, 11) is -3.04. The predicted octanol–water partition coefficient (Wildman–Crippen LogP) is 0.538. The molecule has 2 N–H and O–H groups in total. The lowest BCUT2D eigenvalue weighted by atomic mass is 9.99. The van der Waals surface area contributed by atoms with Crippen LogP contribution in [0.1, 0.15) is 32.6 Å². The molecule has 1 rings (SSSR count). The first kappa shape index (κ1) is 11.9. The second-order valence-corrected chi connectivity index (χ2v) is 6.17. The van der Waals surface area contributed by atoms with E-state index in [9.17, 15) is 8.42 Å². The highest BCUT2D eigenvalue weighted by molar-refractivity contribution is 7.88. The summed E-state index contributed by atoms with van der Waals surface area (Å²) in [6.07, 6.45) is 5.10. The number of nitrogens with two attached hydrogens (primary N) is 1. The summed E-state index contributed by atoms with van der Waals surface area (Å²) < 4.78 is 24.5. The molecular weight excluding hydrogens is 200 g/mol. The van der Waals surface area contributed by atoms with E-state index in [1.54, 1.807) is 4.31 Å². The van der Waals surface area contributed by atoms with Gasteiger partial charge in [0.25, 0.3) is 0 Å². The van der Waals surface area contributed by atoms with E-state index in [1.165, 1.54) is 6.26 Å². The molecule has 1 saturated heterocycles. The van der Waals surface area contributed by atoms with Gasteiger partial charge in [-0.1, -0.05) is 6.42 Å². The first-order valence-electron chi connectivity index (χ1n) is 5.13. The second-order valence-electron chi connectivity index (χ2n) is 4.24. The van der Waals surface area contributed by atoms with Crippen LogP contribution in [0.4, 0.5) is 0 Å². The SMILES string of the molecule is CC(N)CC1CCCCN1S(C)(=O)=O. The molecule has 84 valence electrons. The maximum Gasteiger partial charge on any atom is 0.211 e. The largest absolute Gasteiger partial charge is 0.328 e. The van der Waals surface area contributed by atoms with Crippen LogP contribution < -0.4 is 5.73 Å². The Bertz CT molecular complexity index is 275. The van der Waals surface area contributed by atoms with E-state index in [1.807, 2.05) is 6.92 Å². The monoisotopic (exact) mass is 220 g/mol. The molecule has 5 heteroatoms. The zero-order valence-corrected chi connectivity index (χ0v) is 9.76. The van der Waals surface area contributed by atoms with Gasteiger partial charge in [-0.2, -0.15) is 4.31 Å². The van der Waals surface area contributed by atoms with Gasteiger partial charge in [-0.05, 0) is 26.2 Å². The average molecular weight is 220 g/mol. The maximum atomic E-state index is 11.5. The number of rotatable bonds is 3. The van der Waals surface area contributed by atoms with Crippen LogP contribution in [-0.2, 0) is 10.0 Å². The van der Waals surface area contributed by atoms with Gasteiger partial charge in [-0.25, -0.2) is 8.42 Å². The molecule has 1 aliphatic heterocycles. The number of nitrogens with zero attached hydrogens (tertiary/aromatic N) is 1. The van der Waals surface area contributed by atoms with E-state index in [4.69, 9.17) is 5.73 Å². The Kier molecular flexibility index (Phi) is 3.92. The van der Waals surface area contributed by atoms with Crippen LogP contribution in [0, 0.1) is 0 Å². The number of hydrogen-bond donors (Lipinski definition) is 1. The van der Waals surface area contributed by atoms with Gasteiger partial charge in [0.05, 0.1) is 6.26 Å². The Hall–Kier alpha value is -0.130. The molecule has 0 aromatic carbocycles. The van der Waals surface area contributed by atoms with Crippen molar-refractivity contribution in [3.63, 3.8) is 0 Å². The Balaban J connectivity index is 2.69. The molecule has 0 saturated carbocycles. The van der Waals surface area contributed by atoms with E-state index in [2.05, 4.69) is 0 Å². The summed E-state index contributed by atoms with van der Waals surface area (Å²) in [4.78, 5) is 0. The summed E-state index contributed by atoms with van der Waals surface area (Å²) in [6, 6.07) is 0.195. The first-order valence-corrected chi connectivity index (χ1v) is 6.98. The third-order valence-electron chi connectivity index (χ3n) is 2.64. The fourth-order valence-corrected chi connectivity index (χ4v) is 3.27. The summed E-state index contributed by atoms with van der Waals surface area (Å²) in [6.45, 7) is 2.59. The molecule has 1 fully saturated rings. The van der Waals surface area contributed by atoms with Crippen molar-refractivity contribution < 1.29 is 8.42 Å². The van der Waals surface area contributed by atoms with E-state index >= 15 is 0 Å². The summed E-state index contributed by atoms with van der Waals surface area (Å²) in [5.41, 5.74) is 5.71. The van der Waals surface area contributed by atoms with Crippen molar-refractivity contribution >= 4 is 10.0 Å². The van der Waals surface area contributed by atoms with Gasteiger partial charge >= 0.3 is 0 Å². The highest BCUT2D eigenvalue weighted by Gasteiger charge is 2.29. The van der Waals surface area contributed by atoms with Gasteiger partial charge in [0.15, 0.2) is 0 Å². The standard InChI is InChI=1S/C9H20N2O2S/c1-8(10)7-9-5-3-4-6-11(9)14(2,12)13/h8-9H,3-7,10H2,1-2H3. The summed E-state index contributed by atoms with van der Waals surface area (Å²) in [5.74, 6) is 0. The van der Waals surface area contributed by atoms with E-state index < -0.39 is 10.0 Å².